The lowest BCUT2D eigenvalue weighted by atomic mass is 10.0. The fourth-order valence-electron chi connectivity index (χ4n) is 2.64. The van der Waals surface area contributed by atoms with Gasteiger partial charge in [0.2, 0.25) is 5.91 Å². The first-order valence-corrected chi connectivity index (χ1v) is 8.76. The largest absolute Gasteiger partial charge is 0.478 e. The first-order valence-electron chi connectivity index (χ1n) is 8.38. The van der Waals surface area contributed by atoms with E-state index in [0.717, 1.165) is 18.9 Å². The molecule has 1 amide bonds. The number of anilines is 1. The van der Waals surface area contributed by atoms with E-state index < -0.39 is 17.7 Å². The Bertz CT molecular complexity index is 966. The lowest BCUT2D eigenvalue weighted by Crippen LogP contribution is -2.16. The molecule has 1 aliphatic rings. The highest BCUT2D eigenvalue weighted by Gasteiger charge is 2.33. The van der Waals surface area contributed by atoms with Gasteiger partial charge in [0.1, 0.15) is 0 Å². The van der Waals surface area contributed by atoms with Gasteiger partial charge in [0, 0.05) is 10.9 Å². The molecule has 4 nitrogen and oxygen atoms in total. The first-order chi connectivity index (χ1) is 13.1. The Hall–Kier alpha value is -2.80. The quantitative estimate of drug-likeness (QED) is 0.634. The van der Waals surface area contributed by atoms with E-state index in [1.54, 1.807) is 0 Å². The molecule has 0 unspecified atom stereocenters. The average molecular weight is 410 g/mol. The minimum absolute atomic E-state index is 0.0339. The fourth-order valence-corrected chi connectivity index (χ4v) is 2.81. The Morgan fingerprint density at radius 1 is 1.11 bits per heavy atom. The molecule has 1 saturated carbocycles. The van der Waals surface area contributed by atoms with Crippen LogP contribution in [0.3, 0.4) is 0 Å². The molecule has 1 aliphatic carbocycles. The highest BCUT2D eigenvalue weighted by Crippen LogP contribution is 2.35. The molecular weight excluding hydrogens is 395 g/mol. The van der Waals surface area contributed by atoms with Crippen molar-refractivity contribution in [2.24, 2.45) is 5.92 Å². The number of carboxylic acids is 1. The molecule has 0 bridgehead atoms. The van der Waals surface area contributed by atoms with Crippen LogP contribution in [0, 0.1) is 5.92 Å². The number of rotatable bonds is 5. The lowest BCUT2D eigenvalue weighted by Gasteiger charge is -2.11. The van der Waals surface area contributed by atoms with Crippen LogP contribution in [0.15, 0.2) is 36.4 Å². The van der Waals surface area contributed by atoms with Crippen LogP contribution in [-0.4, -0.2) is 17.0 Å². The third kappa shape index (κ3) is 4.72. The molecule has 0 aliphatic heterocycles. The van der Waals surface area contributed by atoms with Gasteiger partial charge in [0.05, 0.1) is 16.8 Å². The molecule has 0 atom stereocenters. The monoisotopic (exact) mass is 409 g/mol. The molecule has 2 aromatic carbocycles. The van der Waals surface area contributed by atoms with Gasteiger partial charge in [0.15, 0.2) is 0 Å². The zero-order valence-electron chi connectivity index (χ0n) is 14.4. The van der Waals surface area contributed by atoms with Crippen molar-refractivity contribution in [3.05, 3.63) is 63.7 Å². The maximum Gasteiger partial charge on any atom is 0.417 e. The van der Waals surface area contributed by atoms with Crippen LogP contribution in [0.2, 0.25) is 5.02 Å². The van der Waals surface area contributed by atoms with E-state index in [1.807, 2.05) is 0 Å². The van der Waals surface area contributed by atoms with E-state index in [-0.39, 0.29) is 33.7 Å². The number of halogens is 4. The first kappa shape index (κ1) is 19.9. The summed E-state index contributed by atoms with van der Waals surface area (Å²) in [6, 6.07) is 7.66. The van der Waals surface area contributed by atoms with E-state index in [2.05, 4.69) is 5.32 Å². The fraction of sp³-hybridized carbons (Fsp3) is 0.200. The van der Waals surface area contributed by atoms with Crippen molar-refractivity contribution in [1.29, 1.82) is 0 Å². The van der Waals surface area contributed by atoms with Crippen molar-refractivity contribution >= 4 is 41.3 Å². The van der Waals surface area contributed by atoms with Crippen molar-refractivity contribution in [2.75, 3.05) is 5.32 Å². The number of nitrogens with one attached hydrogen (secondary N) is 1. The minimum atomic E-state index is -4.58. The molecule has 2 aromatic rings. The summed E-state index contributed by atoms with van der Waals surface area (Å²) in [6.45, 7) is 0. The van der Waals surface area contributed by atoms with Crippen molar-refractivity contribution in [1.82, 2.24) is 0 Å². The second-order valence-corrected chi connectivity index (χ2v) is 6.87. The van der Waals surface area contributed by atoms with Gasteiger partial charge in [-0.1, -0.05) is 35.9 Å². The summed E-state index contributed by atoms with van der Waals surface area (Å²) in [7, 11) is 0. The molecule has 0 spiro atoms. The van der Waals surface area contributed by atoms with E-state index >= 15 is 0 Å². The van der Waals surface area contributed by atoms with Gasteiger partial charge in [-0.15, -0.1) is 0 Å². The third-order valence-electron chi connectivity index (χ3n) is 4.26. The van der Waals surface area contributed by atoms with Crippen molar-refractivity contribution in [3.63, 3.8) is 0 Å². The maximum atomic E-state index is 13.2. The molecule has 0 radical (unpaired) electrons. The summed E-state index contributed by atoms with van der Waals surface area (Å²) in [5.41, 5.74) is -0.583. The van der Waals surface area contributed by atoms with Crippen LogP contribution in [0.4, 0.5) is 18.9 Å². The van der Waals surface area contributed by atoms with Crippen LogP contribution >= 0.6 is 11.6 Å². The third-order valence-corrected chi connectivity index (χ3v) is 4.49. The summed E-state index contributed by atoms with van der Waals surface area (Å²) in [6.07, 6.45) is -0.414. The van der Waals surface area contributed by atoms with E-state index in [1.165, 1.54) is 42.5 Å². The summed E-state index contributed by atoms with van der Waals surface area (Å²) >= 11 is 5.66. The summed E-state index contributed by atoms with van der Waals surface area (Å²) in [5.74, 6) is -1.57. The topological polar surface area (TPSA) is 66.4 Å². The standard InChI is InChI=1S/C20H15ClF3NO3/c21-14-7-6-12(16(10-14)20(22,23)24)3-1-11-2-8-17(15(9-11)19(27)28)25-18(26)13-4-5-13/h1-3,6-10,13H,4-5H2,(H,25,26)(H,27,28). The molecule has 0 aromatic heterocycles. The summed E-state index contributed by atoms with van der Waals surface area (Å²) < 4.78 is 39.5. The van der Waals surface area contributed by atoms with Crippen LogP contribution in [0.1, 0.15) is 39.9 Å². The number of hydrogen-bond acceptors (Lipinski definition) is 2. The predicted octanol–water partition coefficient (Wildman–Crippen LogP) is 5.58. The molecule has 0 heterocycles. The second-order valence-electron chi connectivity index (χ2n) is 6.44. The minimum Gasteiger partial charge on any atom is -0.478 e. The Morgan fingerprint density at radius 2 is 1.82 bits per heavy atom. The highest BCUT2D eigenvalue weighted by molar-refractivity contribution is 6.30. The SMILES string of the molecule is O=C(O)c1cc(C=Cc2ccc(Cl)cc2C(F)(F)F)ccc1NC(=O)C1CC1. The Morgan fingerprint density at radius 3 is 2.43 bits per heavy atom. The van der Waals surface area contributed by atoms with E-state index in [0.29, 0.717) is 5.56 Å². The zero-order valence-corrected chi connectivity index (χ0v) is 15.1. The predicted molar refractivity (Wildman–Crippen MR) is 100 cm³/mol. The Balaban J connectivity index is 1.89. The molecule has 8 heteroatoms. The number of carboxylic acid groups (broad SMARTS) is 1. The number of hydrogen-bond donors (Lipinski definition) is 2. The van der Waals surface area contributed by atoms with Gasteiger partial charge in [-0.2, -0.15) is 13.2 Å². The van der Waals surface area contributed by atoms with Gasteiger partial charge < -0.3 is 10.4 Å². The van der Waals surface area contributed by atoms with E-state index in [4.69, 9.17) is 11.6 Å². The smallest absolute Gasteiger partial charge is 0.417 e. The van der Waals surface area contributed by atoms with Crippen LogP contribution in [0.5, 0.6) is 0 Å². The molecule has 146 valence electrons. The number of carbonyl (C=O) groups excluding carboxylic acids is 1. The lowest BCUT2D eigenvalue weighted by molar-refractivity contribution is -0.137. The molecule has 28 heavy (non-hydrogen) atoms. The summed E-state index contributed by atoms with van der Waals surface area (Å²) in [4.78, 5) is 23.4. The zero-order chi connectivity index (χ0) is 20.5. The molecule has 2 N–H and O–H groups in total. The number of benzene rings is 2. The van der Waals surface area contributed by atoms with Gasteiger partial charge in [-0.25, -0.2) is 4.79 Å². The molecule has 0 saturated heterocycles. The molecular formula is C20H15ClF3NO3. The second kappa shape index (κ2) is 7.67. The highest BCUT2D eigenvalue weighted by atomic mass is 35.5. The maximum absolute atomic E-state index is 13.2. The van der Waals surface area contributed by atoms with Crippen LogP contribution < -0.4 is 5.32 Å². The summed E-state index contributed by atoms with van der Waals surface area (Å²) in [5, 5.41) is 11.9. The molecule has 3 rings (SSSR count). The normalized spacial score (nSPS) is 14.3. The van der Waals surface area contributed by atoms with E-state index in [9.17, 15) is 27.9 Å². The van der Waals surface area contributed by atoms with Gasteiger partial charge in [0.25, 0.3) is 0 Å². The number of alkyl halides is 3. The number of aromatic carboxylic acids is 1. The number of amides is 1. The molecule has 1 fully saturated rings. The Labute approximate surface area is 163 Å². The van der Waals surface area contributed by atoms with Crippen LogP contribution in [0.25, 0.3) is 12.2 Å². The van der Waals surface area contributed by atoms with Gasteiger partial charge in [-0.05, 0) is 48.2 Å². The van der Waals surface area contributed by atoms with Gasteiger partial charge in [-0.3, -0.25) is 4.79 Å². The van der Waals surface area contributed by atoms with Gasteiger partial charge >= 0.3 is 12.1 Å². The van der Waals surface area contributed by atoms with Crippen molar-refractivity contribution in [2.45, 2.75) is 19.0 Å². The average Bonchev–Trinajstić information content (AvgIpc) is 3.45. The Kier molecular flexibility index (Phi) is 5.47. The van der Waals surface area contributed by atoms with Crippen LogP contribution in [-0.2, 0) is 11.0 Å². The van der Waals surface area contributed by atoms with Crippen molar-refractivity contribution in [3.8, 4) is 0 Å². The number of carbonyl (C=O) groups is 2. The van der Waals surface area contributed by atoms with Crippen molar-refractivity contribution < 1.29 is 27.9 Å².